The topological polar surface area (TPSA) is 38.9 Å². The van der Waals surface area contributed by atoms with Crippen LogP contribution < -0.4 is 5.73 Å². The Morgan fingerprint density at radius 1 is 1.48 bits per heavy atom. The van der Waals surface area contributed by atoms with Crippen molar-refractivity contribution in [3.05, 3.63) is 58.6 Å². The molecule has 1 aliphatic carbocycles. The fourth-order valence-corrected chi connectivity index (χ4v) is 4.32. The minimum atomic E-state index is -0.0213. The van der Waals surface area contributed by atoms with E-state index in [0.717, 1.165) is 33.5 Å². The molecule has 0 radical (unpaired) electrons. The molecule has 0 saturated heterocycles. The van der Waals surface area contributed by atoms with Crippen LogP contribution in [0.2, 0.25) is 0 Å². The summed E-state index contributed by atoms with van der Waals surface area (Å²) in [4.78, 5) is 4.83. The maximum atomic E-state index is 6.39. The third-order valence-corrected chi connectivity index (χ3v) is 5.80. The van der Waals surface area contributed by atoms with Crippen LogP contribution in [0.1, 0.15) is 30.8 Å². The monoisotopic (exact) mass is 436 g/mol. The normalized spacial score (nSPS) is 21.7. The van der Waals surface area contributed by atoms with E-state index >= 15 is 0 Å². The van der Waals surface area contributed by atoms with Crippen LogP contribution in [0.5, 0.6) is 0 Å². The van der Waals surface area contributed by atoms with Crippen molar-refractivity contribution in [2.75, 3.05) is 4.43 Å². The predicted molar refractivity (Wildman–Crippen MR) is 110 cm³/mol. The third-order valence-electron chi connectivity index (χ3n) is 4.19. The van der Waals surface area contributed by atoms with Gasteiger partial charge in [0.2, 0.25) is 0 Å². The summed E-state index contributed by atoms with van der Waals surface area (Å²) in [6.45, 7) is 4.35. The van der Waals surface area contributed by atoms with Gasteiger partial charge in [0.25, 0.3) is 0 Å². The Morgan fingerprint density at radius 3 is 3.00 bits per heavy atom. The van der Waals surface area contributed by atoms with Gasteiger partial charge in [-0.2, -0.15) is 0 Å². The minimum Gasteiger partial charge on any atom is -0.397 e. The highest BCUT2D eigenvalue weighted by atomic mass is 127. The molecule has 1 aromatic carbocycles. The van der Waals surface area contributed by atoms with Crippen LogP contribution in [0, 0.1) is 5.41 Å². The molecule has 0 spiro atoms. The molecule has 120 valence electrons. The Balaban J connectivity index is 1.95. The van der Waals surface area contributed by atoms with Crippen molar-refractivity contribution >= 4 is 49.8 Å². The lowest BCUT2D eigenvalue weighted by Gasteiger charge is -2.24. The number of para-hydroxylation sites is 1. The van der Waals surface area contributed by atoms with E-state index in [-0.39, 0.29) is 5.41 Å². The third kappa shape index (κ3) is 3.69. The quantitative estimate of drug-likeness (QED) is 0.509. The van der Waals surface area contributed by atoms with Gasteiger partial charge in [0.15, 0.2) is 0 Å². The lowest BCUT2D eigenvalue weighted by atomic mass is 9.81. The average Bonchev–Trinajstić information content (AvgIpc) is 2.96. The highest BCUT2D eigenvalue weighted by Crippen LogP contribution is 2.34. The fraction of sp³-hybridized carbons (Fsp3) is 0.316. The van der Waals surface area contributed by atoms with Gasteiger partial charge >= 0.3 is 0 Å². The molecule has 1 heterocycles. The van der Waals surface area contributed by atoms with Crippen LogP contribution in [0.25, 0.3) is 15.9 Å². The number of benzene rings is 1. The number of fused-ring (bicyclic) bond motifs is 1. The molecule has 2 N–H and O–H groups in total. The van der Waals surface area contributed by atoms with Crippen molar-refractivity contribution in [3.8, 4) is 0 Å². The highest BCUT2D eigenvalue weighted by Gasteiger charge is 2.21. The van der Waals surface area contributed by atoms with Crippen LogP contribution in [-0.4, -0.2) is 9.41 Å². The van der Waals surface area contributed by atoms with Crippen molar-refractivity contribution in [1.29, 1.82) is 0 Å². The van der Waals surface area contributed by atoms with E-state index in [0.29, 0.717) is 0 Å². The molecule has 0 saturated carbocycles. The smallest absolute Gasteiger partial charge is 0.140 e. The number of aromatic nitrogens is 1. The number of hydrogen-bond donors (Lipinski definition) is 1. The number of nitrogens with two attached hydrogens (primary N) is 1. The Morgan fingerprint density at radius 2 is 2.30 bits per heavy atom. The van der Waals surface area contributed by atoms with E-state index in [1.165, 1.54) is 15.8 Å². The van der Waals surface area contributed by atoms with E-state index in [1.807, 2.05) is 0 Å². The molecule has 23 heavy (non-hydrogen) atoms. The second-order valence-corrected chi connectivity index (χ2v) is 8.42. The van der Waals surface area contributed by atoms with E-state index in [1.54, 1.807) is 11.3 Å². The molecule has 4 heteroatoms. The summed E-state index contributed by atoms with van der Waals surface area (Å²) < 4.78 is 2.32. The summed E-state index contributed by atoms with van der Waals surface area (Å²) in [5, 5.41) is 0.932. The molecule has 0 bridgehead atoms. The standard InChI is InChI=1S/C19H21IN2S/c1-13-6-9-19(2,10-7-13)12-15(21)18-22-17-14(8-11-20)4-3-5-16(17)23-18/h3-7,9,12H,8,10-11,21H2,1-2H3. The predicted octanol–water partition coefficient (Wildman–Crippen LogP) is 5.49. The van der Waals surface area contributed by atoms with Crippen molar-refractivity contribution in [2.24, 2.45) is 11.1 Å². The van der Waals surface area contributed by atoms with Crippen LogP contribution in [-0.2, 0) is 6.42 Å². The SMILES string of the molecule is CC1=CCC(C)(C=C(N)c2nc3c(CCI)cccc3s2)C=C1. The summed E-state index contributed by atoms with van der Waals surface area (Å²) in [5.41, 5.74) is 10.9. The zero-order valence-electron chi connectivity index (χ0n) is 13.5. The van der Waals surface area contributed by atoms with Crippen LogP contribution in [0.15, 0.2) is 48.1 Å². The first-order chi connectivity index (χ1) is 11.0. The molecule has 1 aliphatic rings. The van der Waals surface area contributed by atoms with Gasteiger partial charge in [-0.3, -0.25) is 0 Å². The Hall–Kier alpha value is -1.14. The largest absolute Gasteiger partial charge is 0.397 e. The van der Waals surface area contributed by atoms with Crippen molar-refractivity contribution in [1.82, 2.24) is 4.98 Å². The first kappa shape index (κ1) is 16.7. The maximum absolute atomic E-state index is 6.39. The number of halogens is 1. The number of nitrogens with zero attached hydrogens (tertiary/aromatic N) is 1. The first-order valence-corrected chi connectivity index (χ1v) is 10.1. The number of alkyl halides is 1. The molecule has 2 nitrogen and oxygen atoms in total. The number of thiazole rings is 1. The molecule has 1 atom stereocenters. The zero-order valence-corrected chi connectivity index (χ0v) is 16.4. The van der Waals surface area contributed by atoms with E-state index in [9.17, 15) is 0 Å². The zero-order chi connectivity index (χ0) is 16.4. The number of hydrogen-bond acceptors (Lipinski definition) is 3. The van der Waals surface area contributed by atoms with Crippen molar-refractivity contribution < 1.29 is 0 Å². The van der Waals surface area contributed by atoms with Crippen molar-refractivity contribution in [3.63, 3.8) is 0 Å². The van der Waals surface area contributed by atoms with E-state index in [4.69, 9.17) is 10.7 Å². The lowest BCUT2D eigenvalue weighted by Crippen LogP contribution is -2.13. The number of aryl methyl sites for hydroxylation is 1. The van der Waals surface area contributed by atoms with Gasteiger partial charge in [0, 0.05) is 9.84 Å². The molecule has 1 aromatic heterocycles. The summed E-state index contributed by atoms with van der Waals surface area (Å²) in [6.07, 6.45) is 10.9. The number of rotatable bonds is 4. The van der Waals surface area contributed by atoms with Gasteiger partial charge < -0.3 is 5.73 Å². The summed E-state index contributed by atoms with van der Waals surface area (Å²) in [7, 11) is 0. The minimum absolute atomic E-state index is 0.0213. The van der Waals surface area contributed by atoms with Crippen LogP contribution >= 0.6 is 33.9 Å². The maximum Gasteiger partial charge on any atom is 0.140 e. The molecule has 2 aromatic rings. The van der Waals surface area contributed by atoms with Crippen LogP contribution in [0.3, 0.4) is 0 Å². The Labute approximate surface area is 155 Å². The summed E-state index contributed by atoms with van der Waals surface area (Å²) >= 11 is 4.10. The average molecular weight is 436 g/mol. The van der Waals surface area contributed by atoms with Gasteiger partial charge in [0.05, 0.1) is 15.9 Å². The Bertz CT molecular complexity index is 816. The van der Waals surface area contributed by atoms with Gasteiger partial charge in [-0.25, -0.2) is 4.98 Å². The van der Waals surface area contributed by atoms with E-state index < -0.39 is 0 Å². The highest BCUT2D eigenvalue weighted by molar-refractivity contribution is 14.1. The second kappa shape index (κ2) is 6.77. The van der Waals surface area contributed by atoms with Gasteiger partial charge in [-0.05, 0) is 37.5 Å². The van der Waals surface area contributed by atoms with Crippen LogP contribution in [0.4, 0.5) is 0 Å². The molecule has 1 unspecified atom stereocenters. The van der Waals surface area contributed by atoms with Gasteiger partial charge in [-0.15, -0.1) is 11.3 Å². The molecule has 0 aliphatic heterocycles. The lowest BCUT2D eigenvalue weighted by molar-refractivity contribution is 0.554. The number of allylic oxidation sites excluding steroid dienone is 5. The summed E-state index contributed by atoms with van der Waals surface area (Å²) in [5.74, 6) is 0. The molecule has 3 rings (SSSR count). The van der Waals surface area contributed by atoms with Crippen molar-refractivity contribution in [2.45, 2.75) is 26.7 Å². The fourth-order valence-electron chi connectivity index (χ4n) is 2.80. The molecule has 0 fully saturated rings. The van der Waals surface area contributed by atoms with Gasteiger partial charge in [-0.1, -0.05) is 65.4 Å². The molecular formula is C19H21IN2S. The first-order valence-electron chi connectivity index (χ1n) is 7.80. The van der Waals surface area contributed by atoms with Gasteiger partial charge in [0.1, 0.15) is 5.01 Å². The second-order valence-electron chi connectivity index (χ2n) is 6.31. The molecule has 0 amide bonds. The molecular weight excluding hydrogens is 415 g/mol. The summed E-state index contributed by atoms with van der Waals surface area (Å²) in [6, 6.07) is 6.42. The Kier molecular flexibility index (Phi) is 4.92. The van der Waals surface area contributed by atoms with E-state index in [2.05, 4.69) is 78.9 Å².